The van der Waals surface area contributed by atoms with Gasteiger partial charge in [-0.15, -0.1) is 0 Å². The summed E-state index contributed by atoms with van der Waals surface area (Å²) < 4.78 is 0. The maximum Gasteiger partial charge on any atom is 0.0205 e. The van der Waals surface area contributed by atoms with Crippen molar-refractivity contribution < 1.29 is 0 Å². The molecule has 0 nitrogen and oxygen atoms in total. The van der Waals surface area contributed by atoms with E-state index in [1.54, 1.807) is 0 Å². The van der Waals surface area contributed by atoms with E-state index in [9.17, 15) is 0 Å². The van der Waals surface area contributed by atoms with Crippen molar-refractivity contribution in [1.29, 1.82) is 0 Å². The molecule has 0 saturated carbocycles. The number of fused-ring (bicyclic) bond motifs is 3. The van der Waals surface area contributed by atoms with Crippen LogP contribution >= 0.6 is 0 Å². The Bertz CT molecular complexity index is 3290. The first-order valence-electron chi connectivity index (χ1n) is 20.5. The Labute approximate surface area is 336 Å². The fourth-order valence-corrected chi connectivity index (χ4v) is 10.9. The summed E-state index contributed by atoms with van der Waals surface area (Å²) in [6.45, 7) is 0. The summed E-state index contributed by atoms with van der Waals surface area (Å²) in [5, 5.41) is 15.8. The van der Waals surface area contributed by atoms with Crippen LogP contribution in [0.2, 0.25) is 0 Å². The van der Waals surface area contributed by atoms with Gasteiger partial charge in [-0.3, -0.25) is 0 Å². The van der Waals surface area contributed by atoms with Crippen LogP contribution in [0.5, 0.6) is 0 Å². The Kier molecular flexibility index (Phi) is 6.65. The second-order valence-electron chi connectivity index (χ2n) is 16.3. The summed E-state index contributed by atoms with van der Waals surface area (Å²) in [5.41, 5.74) is 13.1. The molecule has 0 amide bonds. The summed E-state index contributed by atoms with van der Waals surface area (Å²) in [6, 6.07) is 78.1. The molecule has 1 aliphatic carbocycles. The van der Waals surface area contributed by atoms with Crippen molar-refractivity contribution in [3.05, 3.63) is 229 Å². The van der Waals surface area contributed by atoms with Gasteiger partial charge in [0.05, 0.1) is 0 Å². The number of benzene rings is 12. The van der Waals surface area contributed by atoms with E-state index in [0.29, 0.717) is 0 Å². The van der Waals surface area contributed by atoms with Crippen LogP contribution < -0.4 is 0 Å². The lowest BCUT2D eigenvalue weighted by Gasteiger charge is -2.37. The molecule has 0 fully saturated rings. The van der Waals surface area contributed by atoms with Gasteiger partial charge in [0.15, 0.2) is 0 Å². The first kappa shape index (κ1) is 31.9. The number of rotatable bonds is 4. The molecular formula is C58H36. The van der Waals surface area contributed by atoms with Crippen molar-refractivity contribution in [3.63, 3.8) is 0 Å². The summed E-state index contributed by atoms with van der Waals surface area (Å²) >= 11 is 0. The molecule has 0 spiro atoms. The van der Waals surface area contributed by atoms with Crippen LogP contribution in [0.4, 0.5) is 0 Å². The molecule has 0 bridgehead atoms. The Morgan fingerprint density at radius 1 is 0.241 bits per heavy atom. The molecule has 0 saturated heterocycles. The minimum Gasteiger partial charge on any atom is -0.0622 e. The van der Waals surface area contributed by atoms with Crippen molar-refractivity contribution >= 4 is 64.6 Å². The van der Waals surface area contributed by atoms with Gasteiger partial charge >= 0.3 is 0 Å². The van der Waals surface area contributed by atoms with Gasteiger partial charge in [0.2, 0.25) is 0 Å². The highest BCUT2D eigenvalue weighted by atomic mass is 14.4. The largest absolute Gasteiger partial charge is 0.0622 e. The average Bonchev–Trinajstić information content (AvgIpc) is 3.29. The van der Waals surface area contributed by atoms with Gasteiger partial charge in [0.25, 0.3) is 0 Å². The zero-order chi connectivity index (χ0) is 37.9. The molecule has 12 aromatic carbocycles. The van der Waals surface area contributed by atoms with E-state index in [2.05, 4.69) is 206 Å². The van der Waals surface area contributed by atoms with E-state index >= 15 is 0 Å². The molecule has 1 aliphatic rings. The van der Waals surface area contributed by atoms with Gasteiger partial charge in [0.1, 0.15) is 0 Å². The third-order valence-corrected chi connectivity index (χ3v) is 13.4. The SMILES string of the molecule is c1ccc(C2c3ccc(-c4ccc5ccc6cccc7ccc4c5c67)cc3-c3cc(-c4ccc5ccc6cccc7ccc4c5c67)ccc3C2c2ccccc2)cc1. The van der Waals surface area contributed by atoms with Gasteiger partial charge in [-0.25, -0.2) is 0 Å². The third-order valence-electron chi connectivity index (χ3n) is 13.4. The minimum absolute atomic E-state index is 0.155. The van der Waals surface area contributed by atoms with Crippen molar-refractivity contribution in [2.45, 2.75) is 11.8 Å². The normalized spacial score (nSPS) is 15.2. The molecule has 12 aromatic rings. The predicted molar refractivity (Wildman–Crippen MR) is 247 cm³/mol. The van der Waals surface area contributed by atoms with Gasteiger partial charge < -0.3 is 0 Å². The molecule has 0 heteroatoms. The van der Waals surface area contributed by atoms with Crippen LogP contribution in [-0.2, 0) is 0 Å². The molecule has 2 unspecified atom stereocenters. The first-order valence-corrected chi connectivity index (χ1v) is 20.5. The molecule has 268 valence electrons. The fourth-order valence-electron chi connectivity index (χ4n) is 10.9. The Hall–Kier alpha value is -7.28. The average molecular weight is 733 g/mol. The Morgan fingerprint density at radius 3 is 1.02 bits per heavy atom. The van der Waals surface area contributed by atoms with Gasteiger partial charge in [-0.2, -0.15) is 0 Å². The van der Waals surface area contributed by atoms with Gasteiger partial charge in [0, 0.05) is 11.8 Å². The van der Waals surface area contributed by atoms with Crippen LogP contribution in [0.25, 0.3) is 98.0 Å². The predicted octanol–water partition coefficient (Wildman–Crippen LogP) is 15.8. The molecule has 0 radical (unpaired) electrons. The minimum atomic E-state index is 0.155. The second kappa shape index (κ2) is 12.1. The summed E-state index contributed by atoms with van der Waals surface area (Å²) in [4.78, 5) is 0. The molecule has 2 atom stereocenters. The van der Waals surface area contributed by atoms with E-state index < -0.39 is 0 Å². The maximum absolute atomic E-state index is 2.51. The van der Waals surface area contributed by atoms with Crippen LogP contribution in [0.1, 0.15) is 34.1 Å². The first-order chi connectivity index (χ1) is 28.8. The van der Waals surface area contributed by atoms with Crippen molar-refractivity contribution in [2.24, 2.45) is 0 Å². The monoisotopic (exact) mass is 732 g/mol. The zero-order valence-corrected chi connectivity index (χ0v) is 31.8. The summed E-state index contributed by atoms with van der Waals surface area (Å²) in [6.07, 6.45) is 0. The molecule has 13 rings (SSSR count). The summed E-state index contributed by atoms with van der Waals surface area (Å²) in [5.74, 6) is 0.309. The molecule has 0 aliphatic heterocycles. The highest BCUT2D eigenvalue weighted by Crippen LogP contribution is 2.54. The Morgan fingerprint density at radius 2 is 0.603 bits per heavy atom. The number of hydrogen-bond donors (Lipinski definition) is 0. The third kappa shape index (κ3) is 4.52. The lowest BCUT2D eigenvalue weighted by molar-refractivity contribution is 0.685. The van der Waals surface area contributed by atoms with Crippen molar-refractivity contribution in [2.75, 3.05) is 0 Å². The maximum atomic E-state index is 2.51. The highest BCUT2D eigenvalue weighted by Gasteiger charge is 2.36. The van der Waals surface area contributed by atoms with E-state index in [1.807, 2.05) is 0 Å². The second-order valence-corrected chi connectivity index (χ2v) is 16.3. The molecule has 0 N–H and O–H groups in total. The Balaban J connectivity index is 1.08. The molecule has 0 aromatic heterocycles. The van der Waals surface area contributed by atoms with E-state index in [-0.39, 0.29) is 11.8 Å². The van der Waals surface area contributed by atoms with Gasteiger partial charge in [-0.1, -0.05) is 194 Å². The quantitative estimate of drug-likeness (QED) is 0.158. The smallest absolute Gasteiger partial charge is 0.0205 e. The zero-order valence-electron chi connectivity index (χ0n) is 31.8. The van der Waals surface area contributed by atoms with Crippen LogP contribution in [0.15, 0.2) is 206 Å². The highest BCUT2D eigenvalue weighted by molar-refractivity contribution is 6.26. The van der Waals surface area contributed by atoms with Crippen LogP contribution in [-0.4, -0.2) is 0 Å². The van der Waals surface area contributed by atoms with Crippen LogP contribution in [0.3, 0.4) is 0 Å². The standard InChI is InChI=1S/C58H36/c1-3-9-35(10-4-1)57-49-31-25-43(45-27-21-41-19-17-37-13-7-15-39-23-29-47(45)55(41)53(37)39)33-51(49)52-34-44(26-32-50(52)58(57)36-11-5-2-6-12-36)46-28-22-42-20-18-38-14-8-16-40-24-30-48(46)56(42)54(38)40/h1-34,57-58H. The van der Waals surface area contributed by atoms with Crippen LogP contribution in [0, 0.1) is 0 Å². The van der Waals surface area contributed by atoms with E-state index in [4.69, 9.17) is 0 Å². The molecule has 58 heavy (non-hydrogen) atoms. The number of hydrogen-bond acceptors (Lipinski definition) is 0. The topological polar surface area (TPSA) is 0 Å². The molecular weight excluding hydrogens is 697 g/mol. The van der Waals surface area contributed by atoms with Crippen molar-refractivity contribution in [3.8, 4) is 33.4 Å². The molecule has 0 heterocycles. The van der Waals surface area contributed by atoms with E-state index in [0.717, 1.165) is 0 Å². The lowest BCUT2D eigenvalue weighted by Crippen LogP contribution is -2.20. The van der Waals surface area contributed by atoms with E-state index in [1.165, 1.54) is 120 Å². The van der Waals surface area contributed by atoms with Crippen molar-refractivity contribution in [1.82, 2.24) is 0 Å². The lowest BCUT2D eigenvalue weighted by atomic mass is 9.66. The van der Waals surface area contributed by atoms with Gasteiger partial charge in [-0.05, 0) is 132 Å². The summed E-state index contributed by atoms with van der Waals surface area (Å²) in [7, 11) is 0. The fraction of sp³-hybridized carbons (Fsp3) is 0.0345.